The maximum atomic E-state index is 2.51. The van der Waals surface area contributed by atoms with E-state index in [1.54, 1.807) is 0 Å². The third-order valence-electron chi connectivity index (χ3n) is 2.95. The fourth-order valence-corrected chi connectivity index (χ4v) is 2.13. The molecule has 1 heterocycles. The molecule has 0 radical (unpaired) electrons. The second-order valence-electron chi connectivity index (χ2n) is 4.19. The number of nitrogens with zero attached hydrogens (tertiary/aromatic N) is 1. The smallest absolute Gasteiger partial charge is 0.0959 e. The molecule has 0 aromatic heterocycles. The van der Waals surface area contributed by atoms with E-state index in [0.717, 1.165) is 0 Å². The van der Waals surface area contributed by atoms with Crippen LogP contribution in [-0.2, 0) is 0 Å². The molecule has 14 heavy (non-hydrogen) atoms. The lowest BCUT2D eigenvalue weighted by molar-refractivity contribution is -0.659. The second-order valence-corrected chi connectivity index (χ2v) is 4.19. The zero-order valence-electron chi connectivity index (χ0n) is 9.03. The lowest BCUT2D eigenvalue weighted by Crippen LogP contribution is -2.91. The Labute approximate surface area is 85.9 Å². The molecule has 0 spiro atoms. The van der Waals surface area contributed by atoms with Gasteiger partial charge in [0.2, 0.25) is 0 Å². The van der Waals surface area contributed by atoms with Crippen LogP contribution in [0.3, 0.4) is 0 Å². The van der Waals surface area contributed by atoms with E-state index in [0.29, 0.717) is 6.04 Å². The maximum Gasteiger partial charge on any atom is 0.0959 e. The Morgan fingerprint density at radius 3 is 3.00 bits per heavy atom. The quantitative estimate of drug-likeness (QED) is 0.695. The first-order valence-electron chi connectivity index (χ1n) is 5.42. The molecule has 0 bridgehead atoms. The first kappa shape index (κ1) is 9.53. The Morgan fingerprint density at radius 2 is 2.29 bits per heavy atom. The molecule has 1 atom stereocenters. The molecular formula is C12H19N2+. The van der Waals surface area contributed by atoms with Gasteiger partial charge in [-0.3, -0.25) is 0 Å². The molecule has 2 heteroatoms. The van der Waals surface area contributed by atoms with Crippen LogP contribution in [0.5, 0.6) is 0 Å². The van der Waals surface area contributed by atoms with Gasteiger partial charge >= 0.3 is 0 Å². The highest BCUT2D eigenvalue weighted by Gasteiger charge is 2.20. The minimum atomic E-state index is 0.658. The third kappa shape index (κ3) is 1.90. The standard InChI is InChI=1S/C12H18N2/c1-10-4-3-5-12(8-10)14-7-6-13-9-11(14)2/h3-5,8,11,13H,6-7,9H2,1-2H3/p+1/t11-/m0/s1. The van der Waals surface area contributed by atoms with Gasteiger partial charge in [0.15, 0.2) is 0 Å². The van der Waals surface area contributed by atoms with Gasteiger partial charge in [-0.15, -0.1) is 0 Å². The first-order valence-corrected chi connectivity index (χ1v) is 5.42. The molecule has 2 nitrogen and oxygen atoms in total. The molecule has 2 rings (SSSR count). The van der Waals surface area contributed by atoms with E-state index in [1.165, 1.54) is 30.9 Å². The highest BCUT2D eigenvalue weighted by atomic mass is 15.2. The van der Waals surface area contributed by atoms with Crippen molar-refractivity contribution in [3.05, 3.63) is 29.8 Å². The van der Waals surface area contributed by atoms with Crippen molar-refractivity contribution in [3.8, 4) is 0 Å². The number of hydrogen-bond acceptors (Lipinski definition) is 1. The number of anilines is 1. The summed E-state index contributed by atoms with van der Waals surface area (Å²) in [5, 5.41) is 2.40. The van der Waals surface area contributed by atoms with Crippen molar-refractivity contribution in [2.75, 3.05) is 24.5 Å². The highest BCUT2D eigenvalue weighted by molar-refractivity contribution is 5.49. The minimum absolute atomic E-state index is 0.658. The van der Waals surface area contributed by atoms with E-state index < -0.39 is 0 Å². The number of rotatable bonds is 1. The Bertz CT molecular complexity index is 309. The van der Waals surface area contributed by atoms with E-state index in [9.17, 15) is 0 Å². The largest absolute Gasteiger partial charge is 0.358 e. The van der Waals surface area contributed by atoms with Gasteiger partial charge in [-0.1, -0.05) is 12.1 Å². The van der Waals surface area contributed by atoms with Gasteiger partial charge in [0.25, 0.3) is 0 Å². The van der Waals surface area contributed by atoms with Gasteiger partial charge in [0, 0.05) is 5.69 Å². The Hall–Kier alpha value is -1.02. The topological polar surface area (TPSA) is 19.9 Å². The van der Waals surface area contributed by atoms with E-state index in [2.05, 4.69) is 48.3 Å². The van der Waals surface area contributed by atoms with Crippen LogP contribution in [0.2, 0.25) is 0 Å². The summed E-state index contributed by atoms with van der Waals surface area (Å²) >= 11 is 0. The number of quaternary nitrogens is 1. The van der Waals surface area contributed by atoms with Crippen molar-refractivity contribution < 1.29 is 5.32 Å². The van der Waals surface area contributed by atoms with Crippen LogP contribution in [0.1, 0.15) is 12.5 Å². The van der Waals surface area contributed by atoms with Crippen molar-refractivity contribution in [3.63, 3.8) is 0 Å². The van der Waals surface area contributed by atoms with Gasteiger partial charge in [-0.05, 0) is 31.5 Å². The Kier molecular flexibility index (Phi) is 2.73. The zero-order chi connectivity index (χ0) is 9.97. The summed E-state index contributed by atoms with van der Waals surface area (Å²) in [7, 11) is 0. The monoisotopic (exact) mass is 191 g/mol. The molecule has 1 aromatic carbocycles. The summed E-state index contributed by atoms with van der Waals surface area (Å²) < 4.78 is 0. The molecular weight excluding hydrogens is 172 g/mol. The van der Waals surface area contributed by atoms with Gasteiger partial charge in [-0.2, -0.15) is 0 Å². The molecule has 2 N–H and O–H groups in total. The third-order valence-corrected chi connectivity index (χ3v) is 2.95. The summed E-state index contributed by atoms with van der Waals surface area (Å²) in [4.78, 5) is 2.51. The molecule has 0 amide bonds. The average Bonchev–Trinajstić information content (AvgIpc) is 2.18. The summed E-state index contributed by atoms with van der Waals surface area (Å²) in [6.45, 7) is 8.07. The van der Waals surface area contributed by atoms with Crippen molar-refractivity contribution in [1.82, 2.24) is 0 Å². The summed E-state index contributed by atoms with van der Waals surface area (Å²) in [5.74, 6) is 0. The van der Waals surface area contributed by atoms with E-state index >= 15 is 0 Å². The Balaban J connectivity index is 2.20. The van der Waals surface area contributed by atoms with Gasteiger partial charge in [-0.25, -0.2) is 0 Å². The SMILES string of the molecule is Cc1cccc(N2CC[NH2+]C[C@@H]2C)c1. The molecule has 0 aliphatic carbocycles. The predicted octanol–water partition coefficient (Wildman–Crippen LogP) is 0.767. The van der Waals surface area contributed by atoms with Gasteiger partial charge in [0.05, 0.1) is 25.7 Å². The maximum absolute atomic E-state index is 2.51. The van der Waals surface area contributed by atoms with Crippen LogP contribution in [0.4, 0.5) is 5.69 Å². The van der Waals surface area contributed by atoms with Crippen molar-refractivity contribution in [1.29, 1.82) is 0 Å². The summed E-state index contributed by atoms with van der Waals surface area (Å²) in [6, 6.07) is 9.46. The van der Waals surface area contributed by atoms with Crippen LogP contribution in [0.25, 0.3) is 0 Å². The van der Waals surface area contributed by atoms with Crippen LogP contribution < -0.4 is 10.2 Å². The summed E-state index contributed by atoms with van der Waals surface area (Å²) in [6.07, 6.45) is 0. The number of benzene rings is 1. The van der Waals surface area contributed by atoms with Crippen LogP contribution in [-0.4, -0.2) is 25.7 Å². The lowest BCUT2D eigenvalue weighted by Gasteiger charge is -2.33. The molecule has 1 aliphatic rings. The van der Waals surface area contributed by atoms with E-state index in [1.807, 2.05) is 0 Å². The fraction of sp³-hybridized carbons (Fsp3) is 0.500. The molecule has 0 unspecified atom stereocenters. The summed E-state index contributed by atoms with van der Waals surface area (Å²) in [5.41, 5.74) is 2.73. The minimum Gasteiger partial charge on any atom is -0.358 e. The van der Waals surface area contributed by atoms with Crippen molar-refractivity contribution >= 4 is 5.69 Å². The molecule has 1 saturated heterocycles. The molecule has 76 valence electrons. The highest BCUT2D eigenvalue weighted by Crippen LogP contribution is 2.18. The van der Waals surface area contributed by atoms with Crippen molar-refractivity contribution in [2.24, 2.45) is 0 Å². The number of nitrogens with two attached hydrogens (primary N) is 1. The van der Waals surface area contributed by atoms with Gasteiger partial charge in [0.1, 0.15) is 0 Å². The normalized spacial score (nSPS) is 22.4. The second kappa shape index (κ2) is 4.01. The number of piperazine rings is 1. The van der Waals surface area contributed by atoms with Crippen LogP contribution >= 0.6 is 0 Å². The van der Waals surface area contributed by atoms with Crippen LogP contribution in [0.15, 0.2) is 24.3 Å². The number of aryl methyl sites for hydroxylation is 1. The van der Waals surface area contributed by atoms with E-state index in [-0.39, 0.29) is 0 Å². The average molecular weight is 191 g/mol. The van der Waals surface area contributed by atoms with E-state index in [4.69, 9.17) is 0 Å². The molecule has 1 aliphatic heterocycles. The van der Waals surface area contributed by atoms with Crippen molar-refractivity contribution in [2.45, 2.75) is 19.9 Å². The lowest BCUT2D eigenvalue weighted by atomic mass is 10.1. The number of hydrogen-bond donors (Lipinski definition) is 1. The molecule has 1 aromatic rings. The van der Waals surface area contributed by atoms with Crippen LogP contribution in [0, 0.1) is 6.92 Å². The fourth-order valence-electron chi connectivity index (χ4n) is 2.13. The predicted molar refractivity (Wildman–Crippen MR) is 59.6 cm³/mol. The zero-order valence-corrected chi connectivity index (χ0v) is 9.03. The molecule has 0 saturated carbocycles. The first-order chi connectivity index (χ1) is 6.77. The Morgan fingerprint density at radius 1 is 1.43 bits per heavy atom. The van der Waals surface area contributed by atoms with Gasteiger partial charge < -0.3 is 10.2 Å². The molecule has 1 fully saturated rings.